The number of carbonyl (C=O) groups is 1. The average Bonchev–Trinajstić information content (AvgIpc) is 2.46. The second-order valence-electron chi connectivity index (χ2n) is 4.09. The standard InChI is InChI=1S/C15H11ClN2O3/c16-10-1-6-13(14(19)9-10)15(20)18-11-2-4-12(5-3-11)21-8-7-17/h1-6,9,19H,8H2,(H,18,20). The quantitative estimate of drug-likeness (QED) is 0.908. The molecule has 0 aliphatic rings. The number of phenolic OH excluding ortho intramolecular Hbond substituents is 1. The maximum Gasteiger partial charge on any atom is 0.259 e. The summed E-state index contributed by atoms with van der Waals surface area (Å²) in [5.41, 5.74) is 0.669. The van der Waals surface area contributed by atoms with Crippen molar-refractivity contribution >= 4 is 23.2 Å². The van der Waals surface area contributed by atoms with E-state index >= 15 is 0 Å². The Bertz CT molecular complexity index is 693. The van der Waals surface area contributed by atoms with Crippen LogP contribution in [0.25, 0.3) is 0 Å². The number of nitrogens with zero attached hydrogens (tertiary/aromatic N) is 1. The molecule has 0 heterocycles. The average molecular weight is 303 g/mol. The molecular formula is C15H11ClN2O3. The van der Waals surface area contributed by atoms with Crippen LogP contribution in [-0.4, -0.2) is 17.6 Å². The third kappa shape index (κ3) is 3.88. The summed E-state index contributed by atoms with van der Waals surface area (Å²) in [6.45, 7) is -0.0373. The van der Waals surface area contributed by atoms with Gasteiger partial charge in [-0.3, -0.25) is 4.79 Å². The van der Waals surface area contributed by atoms with Crippen LogP contribution >= 0.6 is 11.6 Å². The smallest absolute Gasteiger partial charge is 0.259 e. The number of carbonyl (C=O) groups excluding carboxylic acids is 1. The highest BCUT2D eigenvalue weighted by Crippen LogP contribution is 2.23. The van der Waals surface area contributed by atoms with Gasteiger partial charge in [-0.15, -0.1) is 0 Å². The third-order valence-corrected chi connectivity index (χ3v) is 2.86. The lowest BCUT2D eigenvalue weighted by molar-refractivity contribution is 0.102. The van der Waals surface area contributed by atoms with E-state index in [1.807, 2.05) is 6.07 Å². The van der Waals surface area contributed by atoms with Crippen LogP contribution in [0.3, 0.4) is 0 Å². The molecule has 0 saturated heterocycles. The Morgan fingerprint density at radius 3 is 2.62 bits per heavy atom. The van der Waals surface area contributed by atoms with Gasteiger partial charge in [0.05, 0.1) is 5.56 Å². The molecule has 0 aliphatic carbocycles. The summed E-state index contributed by atoms with van der Waals surface area (Å²) in [5.74, 6) is -0.104. The van der Waals surface area contributed by atoms with E-state index in [-0.39, 0.29) is 17.9 Å². The molecule has 0 spiro atoms. The molecule has 2 aromatic rings. The maximum atomic E-state index is 12.0. The van der Waals surface area contributed by atoms with E-state index in [1.54, 1.807) is 24.3 Å². The molecular weight excluding hydrogens is 292 g/mol. The maximum absolute atomic E-state index is 12.0. The van der Waals surface area contributed by atoms with Gasteiger partial charge in [-0.1, -0.05) is 11.6 Å². The minimum Gasteiger partial charge on any atom is -0.507 e. The fraction of sp³-hybridized carbons (Fsp3) is 0.0667. The van der Waals surface area contributed by atoms with Crippen LogP contribution in [0, 0.1) is 11.3 Å². The minimum atomic E-state index is -0.449. The van der Waals surface area contributed by atoms with E-state index in [0.717, 1.165) is 0 Å². The first-order chi connectivity index (χ1) is 10.1. The van der Waals surface area contributed by atoms with Crippen LogP contribution in [0.15, 0.2) is 42.5 Å². The number of phenols is 1. The van der Waals surface area contributed by atoms with Gasteiger partial charge < -0.3 is 15.2 Å². The van der Waals surface area contributed by atoms with Gasteiger partial charge in [0.1, 0.15) is 17.6 Å². The van der Waals surface area contributed by atoms with Crippen LogP contribution in [0.5, 0.6) is 11.5 Å². The summed E-state index contributed by atoms with van der Waals surface area (Å²) in [7, 11) is 0. The fourth-order valence-corrected chi connectivity index (χ4v) is 1.81. The zero-order chi connectivity index (χ0) is 15.2. The van der Waals surface area contributed by atoms with E-state index in [2.05, 4.69) is 5.32 Å². The first-order valence-electron chi connectivity index (χ1n) is 6.00. The Morgan fingerprint density at radius 2 is 2.00 bits per heavy atom. The molecule has 0 atom stereocenters. The number of halogens is 1. The monoisotopic (exact) mass is 302 g/mol. The number of hydrogen-bond acceptors (Lipinski definition) is 4. The Balaban J connectivity index is 2.07. The van der Waals surface area contributed by atoms with Gasteiger partial charge >= 0.3 is 0 Å². The molecule has 0 fully saturated rings. The Morgan fingerprint density at radius 1 is 1.29 bits per heavy atom. The highest BCUT2D eigenvalue weighted by molar-refractivity contribution is 6.30. The lowest BCUT2D eigenvalue weighted by Gasteiger charge is -2.08. The number of ether oxygens (including phenoxy) is 1. The number of benzene rings is 2. The number of hydrogen-bond donors (Lipinski definition) is 2. The molecule has 2 rings (SSSR count). The minimum absolute atomic E-state index is 0.0373. The lowest BCUT2D eigenvalue weighted by Crippen LogP contribution is -2.12. The SMILES string of the molecule is N#CCOc1ccc(NC(=O)c2ccc(Cl)cc2O)cc1. The number of aromatic hydroxyl groups is 1. The summed E-state index contributed by atoms with van der Waals surface area (Å²) in [5, 5.41) is 21.1. The van der Waals surface area contributed by atoms with Gasteiger partial charge in [-0.25, -0.2) is 0 Å². The largest absolute Gasteiger partial charge is 0.507 e. The molecule has 0 aromatic heterocycles. The molecule has 2 N–H and O–H groups in total. The zero-order valence-electron chi connectivity index (χ0n) is 10.8. The molecule has 0 radical (unpaired) electrons. The van der Waals surface area contributed by atoms with Crippen LogP contribution in [0.4, 0.5) is 5.69 Å². The van der Waals surface area contributed by atoms with Crippen LogP contribution in [0.2, 0.25) is 5.02 Å². The molecule has 5 nitrogen and oxygen atoms in total. The predicted octanol–water partition coefficient (Wildman–Crippen LogP) is 3.20. The van der Waals surface area contributed by atoms with Crippen molar-refractivity contribution in [3.63, 3.8) is 0 Å². The topological polar surface area (TPSA) is 82.3 Å². The fourth-order valence-electron chi connectivity index (χ4n) is 1.65. The third-order valence-electron chi connectivity index (χ3n) is 2.62. The molecule has 6 heteroatoms. The molecule has 0 unspecified atom stereocenters. The van der Waals surface area contributed by atoms with E-state index in [1.165, 1.54) is 18.2 Å². The van der Waals surface area contributed by atoms with Gasteiger partial charge in [0.15, 0.2) is 6.61 Å². The summed E-state index contributed by atoms with van der Waals surface area (Å²) >= 11 is 5.71. The van der Waals surface area contributed by atoms with Crippen molar-refractivity contribution in [3.05, 3.63) is 53.1 Å². The first kappa shape index (κ1) is 14.7. The summed E-state index contributed by atoms with van der Waals surface area (Å²) < 4.78 is 5.10. The van der Waals surface area contributed by atoms with Gasteiger partial charge in [0.25, 0.3) is 5.91 Å². The van der Waals surface area contributed by atoms with Crippen molar-refractivity contribution in [1.82, 2.24) is 0 Å². The summed E-state index contributed by atoms with van der Waals surface area (Å²) in [6, 6.07) is 12.7. The van der Waals surface area contributed by atoms with E-state index in [9.17, 15) is 9.90 Å². The van der Waals surface area contributed by atoms with Gasteiger partial charge in [-0.2, -0.15) is 5.26 Å². The van der Waals surface area contributed by atoms with Crippen molar-refractivity contribution in [2.24, 2.45) is 0 Å². The highest BCUT2D eigenvalue weighted by Gasteiger charge is 2.11. The van der Waals surface area contributed by atoms with Gasteiger partial charge in [0.2, 0.25) is 0 Å². The van der Waals surface area contributed by atoms with E-state index < -0.39 is 5.91 Å². The second-order valence-corrected chi connectivity index (χ2v) is 4.52. The lowest BCUT2D eigenvalue weighted by atomic mass is 10.2. The number of amides is 1. The number of nitrogens with one attached hydrogen (secondary N) is 1. The van der Waals surface area contributed by atoms with Crippen molar-refractivity contribution in [2.75, 3.05) is 11.9 Å². The summed E-state index contributed by atoms with van der Waals surface area (Å²) in [4.78, 5) is 12.0. The highest BCUT2D eigenvalue weighted by atomic mass is 35.5. The van der Waals surface area contributed by atoms with E-state index in [0.29, 0.717) is 16.5 Å². The van der Waals surface area contributed by atoms with Crippen LogP contribution in [-0.2, 0) is 0 Å². The Hall–Kier alpha value is -2.71. The van der Waals surface area contributed by atoms with Crippen molar-refractivity contribution < 1.29 is 14.6 Å². The molecule has 106 valence electrons. The normalized spacial score (nSPS) is 9.71. The molecule has 0 aliphatic heterocycles. The number of rotatable bonds is 4. The number of nitriles is 1. The molecule has 1 amide bonds. The van der Waals surface area contributed by atoms with Crippen LogP contribution in [0.1, 0.15) is 10.4 Å². The zero-order valence-corrected chi connectivity index (χ0v) is 11.6. The van der Waals surface area contributed by atoms with Crippen molar-refractivity contribution in [2.45, 2.75) is 0 Å². The Labute approximate surface area is 126 Å². The van der Waals surface area contributed by atoms with Crippen molar-refractivity contribution in [3.8, 4) is 17.6 Å². The Kier molecular flexibility index (Phi) is 4.64. The summed E-state index contributed by atoms with van der Waals surface area (Å²) in [6.07, 6.45) is 0. The molecule has 21 heavy (non-hydrogen) atoms. The van der Waals surface area contributed by atoms with Crippen molar-refractivity contribution in [1.29, 1.82) is 5.26 Å². The van der Waals surface area contributed by atoms with Gasteiger partial charge in [-0.05, 0) is 42.5 Å². The molecule has 0 bridgehead atoms. The van der Waals surface area contributed by atoms with Crippen LogP contribution < -0.4 is 10.1 Å². The molecule has 0 saturated carbocycles. The van der Waals surface area contributed by atoms with Gasteiger partial charge in [0, 0.05) is 10.7 Å². The first-order valence-corrected chi connectivity index (χ1v) is 6.37. The second kappa shape index (κ2) is 6.64. The number of anilines is 1. The molecule has 2 aromatic carbocycles. The predicted molar refractivity (Wildman–Crippen MR) is 78.6 cm³/mol. The van der Waals surface area contributed by atoms with E-state index in [4.69, 9.17) is 21.6 Å².